The molecule has 1 saturated heterocycles. The maximum Gasteiger partial charge on any atom is 0.157 e. The van der Waals surface area contributed by atoms with E-state index in [4.69, 9.17) is 9.47 Å². The fourth-order valence-corrected chi connectivity index (χ4v) is 1.61. The van der Waals surface area contributed by atoms with Crippen molar-refractivity contribution in [2.45, 2.75) is 45.8 Å². The van der Waals surface area contributed by atoms with Crippen molar-refractivity contribution in [1.29, 1.82) is 0 Å². The molecule has 0 bridgehead atoms. The number of allylic oxidation sites excluding steroid dienone is 3. The lowest BCUT2D eigenvalue weighted by Crippen LogP contribution is -2.22. The van der Waals surface area contributed by atoms with Crippen molar-refractivity contribution in [3.63, 3.8) is 0 Å². The van der Waals surface area contributed by atoms with Crippen LogP contribution in [-0.2, 0) is 14.3 Å². The Labute approximate surface area is 103 Å². The van der Waals surface area contributed by atoms with Crippen molar-refractivity contribution in [2.75, 3.05) is 13.2 Å². The second kappa shape index (κ2) is 8.20. The third kappa shape index (κ3) is 7.08. The third-order valence-corrected chi connectivity index (χ3v) is 2.61. The van der Waals surface area contributed by atoms with Crippen molar-refractivity contribution in [3.8, 4) is 0 Å². The molecule has 1 aliphatic heterocycles. The molecule has 0 saturated carbocycles. The fourth-order valence-electron chi connectivity index (χ4n) is 1.61. The average Bonchev–Trinajstić information content (AvgIpc) is 2.30. The molecule has 96 valence electrons. The van der Waals surface area contributed by atoms with E-state index >= 15 is 0 Å². The number of ether oxygens (including phenoxy) is 2. The molecule has 0 aromatic carbocycles. The van der Waals surface area contributed by atoms with Crippen LogP contribution in [0.3, 0.4) is 0 Å². The Balaban J connectivity index is 2.18. The van der Waals surface area contributed by atoms with Gasteiger partial charge < -0.3 is 9.47 Å². The predicted molar refractivity (Wildman–Crippen MR) is 67.7 cm³/mol. The summed E-state index contributed by atoms with van der Waals surface area (Å²) < 4.78 is 11.0. The van der Waals surface area contributed by atoms with E-state index in [2.05, 4.69) is 0 Å². The highest BCUT2D eigenvalue weighted by Gasteiger charge is 2.12. The molecule has 17 heavy (non-hydrogen) atoms. The number of carbonyl (C=O) groups excluding carboxylic acids is 1. The molecule has 1 heterocycles. The molecule has 0 aromatic heterocycles. The van der Waals surface area contributed by atoms with Gasteiger partial charge in [-0.1, -0.05) is 23.8 Å². The van der Waals surface area contributed by atoms with Gasteiger partial charge in [-0.3, -0.25) is 4.79 Å². The quantitative estimate of drug-likeness (QED) is 0.667. The highest BCUT2D eigenvalue weighted by Crippen LogP contribution is 2.13. The molecule has 0 aliphatic carbocycles. The Bertz CT molecular complexity index is 286. The summed E-state index contributed by atoms with van der Waals surface area (Å²) in [7, 11) is 0. The number of carbonyl (C=O) groups is 1. The van der Waals surface area contributed by atoms with Crippen molar-refractivity contribution >= 4 is 5.78 Å². The monoisotopic (exact) mass is 238 g/mol. The second-order valence-corrected chi connectivity index (χ2v) is 4.39. The van der Waals surface area contributed by atoms with E-state index < -0.39 is 0 Å². The second-order valence-electron chi connectivity index (χ2n) is 4.39. The molecule has 0 N–H and O–H groups in total. The zero-order valence-electron chi connectivity index (χ0n) is 10.8. The molecule has 1 atom stereocenters. The topological polar surface area (TPSA) is 35.5 Å². The van der Waals surface area contributed by atoms with Crippen LogP contribution in [0.4, 0.5) is 0 Å². The van der Waals surface area contributed by atoms with Crippen molar-refractivity contribution < 1.29 is 14.3 Å². The Hall–Kier alpha value is -0.930. The van der Waals surface area contributed by atoms with Crippen LogP contribution in [0.25, 0.3) is 0 Å². The Morgan fingerprint density at radius 2 is 2.24 bits per heavy atom. The third-order valence-electron chi connectivity index (χ3n) is 2.61. The summed E-state index contributed by atoms with van der Waals surface area (Å²) in [6.07, 6.45) is 9.62. The maximum atomic E-state index is 10.7. The van der Waals surface area contributed by atoms with Crippen molar-refractivity contribution in [3.05, 3.63) is 23.8 Å². The zero-order valence-corrected chi connectivity index (χ0v) is 10.8. The summed E-state index contributed by atoms with van der Waals surface area (Å²) in [5, 5.41) is 0. The number of hydrogen-bond donors (Lipinski definition) is 0. The van der Waals surface area contributed by atoms with Crippen LogP contribution in [0.5, 0.6) is 0 Å². The molecule has 3 nitrogen and oxygen atoms in total. The fraction of sp³-hybridized carbons (Fsp3) is 0.643. The minimum absolute atomic E-state index is 0.0333. The summed E-state index contributed by atoms with van der Waals surface area (Å²) in [5.41, 5.74) is 1.11. The maximum absolute atomic E-state index is 10.7. The van der Waals surface area contributed by atoms with E-state index in [1.165, 1.54) is 6.42 Å². The van der Waals surface area contributed by atoms with Gasteiger partial charge in [0.1, 0.15) is 5.78 Å². The van der Waals surface area contributed by atoms with Crippen LogP contribution < -0.4 is 0 Å². The molecule has 1 fully saturated rings. The van der Waals surface area contributed by atoms with Gasteiger partial charge in [-0.15, -0.1) is 0 Å². The standard InChI is InChI=1S/C14H22O3/c1-12(6-5-7-13(2)15)9-11-17-14-8-3-4-10-16-14/h5-6,9,14H,3-4,7-8,10-11H2,1-2H3/b6-5+,12-9+. The van der Waals surface area contributed by atoms with Gasteiger partial charge >= 0.3 is 0 Å². The molecule has 0 spiro atoms. The van der Waals surface area contributed by atoms with Gasteiger partial charge in [-0.05, 0) is 33.1 Å². The summed E-state index contributed by atoms with van der Waals surface area (Å²) in [5.74, 6) is 0.181. The van der Waals surface area contributed by atoms with E-state index in [0.717, 1.165) is 25.0 Å². The van der Waals surface area contributed by atoms with E-state index in [1.54, 1.807) is 6.92 Å². The Morgan fingerprint density at radius 3 is 2.88 bits per heavy atom. The molecule has 1 aliphatic rings. The number of hydrogen-bond acceptors (Lipinski definition) is 3. The van der Waals surface area contributed by atoms with E-state index in [-0.39, 0.29) is 12.1 Å². The molecule has 1 rings (SSSR count). The van der Waals surface area contributed by atoms with Crippen LogP contribution in [-0.4, -0.2) is 25.3 Å². The molecule has 3 heteroatoms. The minimum atomic E-state index is -0.0333. The molecule has 0 aromatic rings. The van der Waals surface area contributed by atoms with E-state index in [9.17, 15) is 4.79 Å². The number of Topliss-reactive ketones (excluding diaryl/α,β-unsaturated/α-hetero) is 1. The summed E-state index contributed by atoms with van der Waals surface area (Å²) >= 11 is 0. The summed E-state index contributed by atoms with van der Waals surface area (Å²) in [6.45, 7) is 4.97. The normalized spacial score (nSPS) is 22.0. The van der Waals surface area contributed by atoms with Crippen LogP contribution in [0.2, 0.25) is 0 Å². The van der Waals surface area contributed by atoms with Crippen molar-refractivity contribution in [2.24, 2.45) is 0 Å². The molecule has 0 amide bonds. The van der Waals surface area contributed by atoms with Crippen LogP contribution in [0, 0.1) is 0 Å². The summed E-state index contributed by atoms with van der Waals surface area (Å²) in [4.78, 5) is 10.7. The predicted octanol–water partition coefficient (Wildman–Crippen LogP) is 3.01. The lowest BCUT2D eigenvalue weighted by molar-refractivity contribution is -0.155. The largest absolute Gasteiger partial charge is 0.353 e. The minimum Gasteiger partial charge on any atom is -0.353 e. The summed E-state index contributed by atoms with van der Waals surface area (Å²) in [6, 6.07) is 0. The first-order valence-electron chi connectivity index (χ1n) is 6.24. The van der Waals surface area contributed by atoms with Gasteiger partial charge in [0, 0.05) is 13.0 Å². The average molecular weight is 238 g/mol. The van der Waals surface area contributed by atoms with Crippen molar-refractivity contribution in [1.82, 2.24) is 0 Å². The van der Waals surface area contributed by atoms with Crippen LogP contribution in [0.1, 0.15) is 39.5 Å². The van der Waals surface area contributed by atoms with Crippen LogP contribution >= 0.6 is 0 Å². The van der Waals surface area contributed by atoms with Gasteiger partial charge in [-0.25, -0.2) is 0 Å². The highest BCUT2D eigenvalue weighted by atomic mass is 16.7. The van der Waals surface area contributed by atoms with Gasteiger partial charge in [0.15, 0.2) is 6.29 Å². The Morgan fingerprint density at radius 1 is 1.41 bits per heavy atom. The number of rotatable bonds is 6. The van der Waals surface area contributed by atoms with E-state index in [0.29, 0.717) is 13.0 Å². The van der Waals surface area contributed by atoms with Gasteiger partial charge in [0.2, 0.25) is 0 Å². The molecular formula is C14H22O3. The molecular weight excluding hydrogens is 216 g/mol. The first-order valence-corrected chi connectivity index (χ1v) is 6.24. The van der Waals surface area contributed by atoms with Gasteiger partial charge in [0.05, 0.1) is 6.61 Å². The van der Waals surface area contributed by atoms with Gasteiger partial charge in [0.25, 0.3) is 0 Å². The lowest BCUT2D eigenvalue weighted by atomic mass is 10.2. The zero-order chi connectivity index (χ0) is 12.5. The smallest absolute Gasteiger partial charge is 0.157 e. The van der Waals surface area contributed by atoms with Gasteiger partial charge in [-0.2, -0.15) is 0 Å². The van der Waals surface area contributed by atoms with Crippen LogP contribution in [0.15, 0.2) is 23.8 Å². The molecule has 1 unspecified atom stereocenters. The Kier molecular flexibility index (Phi) is 6.82. The lowest BCUT2D eigenvalue weighted by Gasteiger charge is -2.21. The first-order chi connectivity index (χ1) is 8.18. The molecule has 0 radical (unpaired) electrons. The number of ketones is 1. The highest BCUT2D eigenvalue weighted by molar-refractivity contribution is 5.77. The SMILES string of the molecule is CC(=O)C/C=C/C(C)=C/COC1CCCCO1. The first kappa shape index (κ1) is 14.1. The van der Waals surface area contributed by atoms with E-state index in [1.807, 2.05) is 25.2 Å².